The number of carbonyl (C=O) groups is 1. The first-order chi connectivity index (χ1) is 9.95. The molecular weight excluding hydrogens is 335 g/mol. The van der Waals surface area contributed by atoms with Gasteiger partial charge in [-0.2, -0.15) is 0 Å². The van der Waals surface area contributed by atoms with Gasteiger partial charge in [-0.25, -0.2) is 4.39 Å². The Balaban J connectivity index is 1.95. The van der Waals surface area contributed by atoms with Gasteiger partial charge in [-0.1, -0.05) is 22.0 Å². The number of carbonyl (C=O) groups excluding carboxylic acids is 1. The summed E-state index contributed by atoms with van der Waals surface area (Å²) < 4.78 is 14.1. The van der Waals surface area contributed by atoms with E-state index in [0.717, 1.165) is 21.3 Å². The topological polar surface area (TPSA) is 41.1 Å². The largest absolute Gasteiger partial charge is 0.376 e. The second-order valence-electron chi connectivity index (χ2n) is 4.84. The molecule has 0 atom stereocenters. The van der Waals surface area contributed by atoms with Crippen molar-refractivity contribution in [1.82, 2.24) is 0 Å². The first-order valence-corrected chi connectivity index (χ1v) is 7.31. The molecule has 0 saturated carbocycles. The summed E-state index contributed by atoms with van der Waals surface area (Å²) in [7, 11) is 0. The van der Waals surface area contributed by atoms with Crippen molar-refractivity contribution < 1.29 is 9.18 Å². The molecule has 0 aliphatic carbocycles. The van der Waals surface area contributed by atoms with E-state index in [1.807, 2.05) is 26.0 Å². The highest BCUT2D eigenvalue weighted by Gasteiger charge is 2.05. The van der Waals surface area contributed by atoms with E-state index in [1.54, 1.807) is 12.1 Å². The molecule has 3 nitrogen and oxygen atoms in total. The van der Waals surface area contributed by atoms with Crippen molar-refractivity contribution in [1.29, 1.82) is 0 Å². The molecule has 21 heavy (non-hydrogen) atoms. The Labute approximate surface area is 131 Å². The SMILES string of the molecule is Cc1cc(NCC(=O)Nc2cccc(F)c2)cc(C)c1Br. The lowest BCUT2D eigenvalue weighted by Crippen LogP contribution is -2.21. The van der Waals surface area contributed by atoms with Crippen molar-refractivity contribution >= 4 is 33.2 Å². The summed E-state index contributed by atoms with van der Waals surface area (Å²) in [5.74, 6) is -0.598. The lowest BCUT2D eigenvalue weighted by molar-refractivity contribution is -0.114. The van der Waals surface area contributed by atoms with Gasteiger partial charge in [0.05, 0.1) is 6.54 Å². The van der Waals surface area contributed by atoms with Gasteiger partial charge < -0.3 is 10.6 Å². The van der Waals surface area contributed by atoms with Crippen LogP contribution in [0.1, 0.15) is 11.1 Å². The van der Waals surface area contributed by atoms with Crippen molar-refractivity contribution in [3.63, 3.8) is 0 Å². The standard InChI is InChI=1S/C16H16BrFN2O/c1-10-6-14(7-11(2)16(10)17)19-9-15(21)20-13-5-3-4-12(18)8-13/h3-8,19H,9H2,1-2H3,(H,20,21). The summed E-state index contributed by atoms with van der Waals surface area (Å²) in [5, 5.41) is 5.70. The van der Waals surface area contributed by atoms with Gasteiger partial charge in [0.2, 0.25) is 5.91 Å². The van der Waals surface area contributed by atoms with Crippen molar-refractivity contribution in [2.24, 2.45) is 0 Å². The van der Waals surface area contributed by atoms with Gasteiger partial charge in [-0.15, -0.1) is 0 Å². The molecule has 0 saturated heterocycles. The Morgan fingerprint density at radius 2 is 1.81 bits per heavy atom. The van der Waals surface area contributed by atoms with Crippen molar-refractivity contribution in [2.45, 2.75) is 13.8 Å². The smallest absolute Gasteiger partial charge is 0.243 e. The van der Waals surface area contributed by atoms with E-state index < -0.39 is 0 Å². The molecule has 0 heterocycles. The van der Waals surface area contributed by atoms with Gasteiger partial charge in [0, 0.05) is 15.8 Å². The number of amides is 1. The van der Waals surface area contributed by atoms with Gasteiger partial charge in [0.1, 0.15) is 5.82 Å². The molecule has 0 fully saturated rings. The fraction of sp³-hybridized carbons (Fsp3) is 0.188. The molecule has 0 unspecified atom stereocenters. The Hall–Kier alpha value is -1.88. The van der Waals surface area contributed by atoms with Crippen LogP contribution in [0.25, 0.3) is 0 Å². The number of nitrogens with one attached hydrogen (secondary N) is 2. The Bertz CT molecular complexity index is 650. The second kappa shape index (κ2) is 6.72. The second-order valence-corrected chi connectivity index (χ2v) is 5.63. The number of halogens is 2. The predicted molar refractivity (Wildman–Crippen MR) is 87.1 cm³/mol. The van der Waals surface area contributed by atoms with Crippen LogP contribution in [0.5, 0.6) is 0 Å². The number of benzene rings is 2. The Morgan fingerprint density at radius 1 is 1.14 bits per heavy atom. The van der Waals surface area contributed by atoms with E-state index in [-0.39, 0.29) is 18.3 Å². The molecule has 2 rings (SSSR count). The average molecular weight is 351 g/mol. The summed E-state index contributed by atoms with van der Waals surface area (Å²) in [6.45, 7) is 4.11. The van der Waals surface area contributed by atoms with E-state index in [9.17, 15) is 9.18 Å². The minimum Gasteiger partial charge on any atom is -0.376 e. The average Bonchev–Trinajstić information content (AvgIpc) is 2.42. The first-order valence-electron chi connectivity index (χ1n) is 6.52. The summed E-state index contributed by atoms with van der Waals surface area (Å²) in [4.78, 5) is 11.8. The van der Waals surface area contributed by atoms with Crippen LogP contribution >= 0.6 is 15.9 Å². The van der Waals surface area contributed by atoms with Gasteiger partial charge >= 0.3 is 0 Å². The summed E-state index contributed by atoms with van der Waals surface area (Å²) in [5.41, 5.74) is 3.53. The lowest BCUT2D eigenvalue weighted by atomic mass is 10.1. The molecule has 1 amide bonds. The summed E-state index contributed by atoms with van der Waals surface area (Å²) in [6, 6.07) is 9.75. The number of aryl methyl sites for hydroxylation is 2. The molecule has 110 valence electrons. The minimum atomic E-state index is -0.375. The van der Waals surface area contributed by atoms with Crippen LogP contribution in [0.15, 0.2) is 40.9 Å². The maximum Gasteiger partial charge on any atom is 0.243 e. The highest BCUT2D eigenvalue weighted by molar-refractivity contribution is 9.10. The quantitative estimate of drug-likeness (QED) is 0.864. The Morgan fingerprint density at radius 3 is 2.43 bits per heavy atom. The Kier molecular flexibility index (Phi) is 4.96. The van der Waals surface area contributed by atoms with Crippen molar-refractivity contribution in [3.8, 4) is 0 Å². The van der Waals surface area contributed by atoms with E-state index >= 15 is 0 Å². The molecule has 2 aromatic rings. The molecule has 2 N–H and O–H groups in total. The van der Waals surface area contributed by atoms with Gasteiger partial charge in [-0.05, 0) is 55.3 Å². The van der Waals surface area contributed by atoms with Crippen LogP contribution in [-0.2, 0) is 4.79 Å². The normalized spacial score (nSPS) is 10.3. The monoisotopic (exact) mass is 350 g/mol. The molecule has 5 heteroatoms. The number of hydrogen-bond acceptors (Lipinski definition) is 2. The fourth-order valence-electron chi connectivity index (χ4n) is 2.00. The molecule has 0 radical (unpaired) electrons. The first kappa shape index (κ1) is 15.5. The summed E-state index contributed by atoms with van der Waals surface area (Å²) in [6.07, 6.45) is 0. The van der Waals surface area contributed by atoms with Crippen LogP contribution in [0, 0.1) is 19.7 Å². The van der Waals surface area contributed by atoms with Crippen LogP contribution in [-0.4, -0.2) is 12.5 Å². The van der Waals surface area contributed by atoms with Crippen LogP contribution in [0.3, 0.4) is 0 Å². The minimum absolute atomic E-state index is 0.122. The molecule has 0 bridgehead atoms. The van der Waals surface area contributed by atoms with Gasteiger partial charge in [-0.3, -0.25) is 4.79 Å². The molecule has 0 aliphatic heterocycles. The van der Waals surface area contributed by atoms with Crippen molar-refractivity contribution in [2.75, 3.05) is 17.2 Å². The van der Waals surface area contributed by atoms with Gasteiger partial charge in [0.15, 0.2) is 0 Å². The highest BCUT2D eigenvalue weighted by Crippen LogP contribution is 2.24. The molecule has 0 aliphatic rings. The zero-order chi connectivity index (χ0) is 15.4. The number of rotatable bonds is 4. The summed E-state index contributed by atoms with van der Waals surface area (Å²) >= 11 is 3.50. The third kappa shape index (κ3) is 4.29. The van der Waals surface area contributed by atoms with E-state index in [2.05, 4.69) is 26.6 Å². The van der Waals surface area contributed by atoms with Gasteiger partial charge in [0.25, 0.3) is 0 Å². The molecule has 0 spiro atoms. The van der Waals surface area contributed by atoms with Crippen LogP contribution < -0.4 is 10.6 Å². The maximum atomic E-state index is 13.0. The number of anilines is 2. The van der Waals surface area contributed by atoms with Crippen LogP contribution in [0.2, 0.25) is 0 Å². The third-order valence-corrected chi connectivity index (χ3v) is 4.25. The lowest BCUT2D eigenvalue weighted by Gasteiger charge is -2.11. The molecule has 2 aromatic carbocycles. The van der Waals surface area contributed by atoms with Crippen LogP contribution in [0.4, 0.5) is 15.8 Å². The molecule has 0 aromatic heterocycles. The predicted octanol–water partition coefficient (Wildman–Crippen LogP) is 4.26. The van der Waals surface area contributed by atoms with E-state index in [4.69, 9.17) is 0 Å². The highest BCUT2D eigenvalue weighted by atomic mass is 79.9. The molecular formula is C16H16BrFN2O. The van der Waals surface area contributed by atoms with E-state index in [1.165, 1.54) is 12.1 Å². The zero-order valence-electron chi connectivity index (χ0n) is 11.8. The third-order valence-electron chi connectivity index (χ3n) is 3.00. The zero-order valence-corrected chi connectivity index (χ0v) is 13.4. The maximum absolute atomic E-state index is 13.0. The van der Waals surface area contributed by atoms with E-state index in [0.29, 0.717) is 5.69 Å². The fourth-order valence-corrected chi connectivity index (χ4v) is 2.23. The van der Waals surface area contributed by atoms with Crippen molar-refractivity contribution in [3.05, 3.63) is 57.8 Å². The number of hydrogen-bond donors (Lipinski definition) is 2.